The molecule has 1 atom stereocenters. The molecule has 0 saturated carbocycles. The van der Waals surface area contributed by atoms with Crippen LogP contribution < -0.4 is 5.73 Å². The fourth-order valence-corrected chi connectivity index (χ4v) is 2.79. The van der Waals surface area contributed by atoms with Crippen molar-refractivity contribution in [3.05, 3.63) is 0 Å². The summed E-state index contributed by atoms with van der Waals surface area (Å²) in [6.45, 7) is 2.68. The number of hydrogen-bond acceptors (Lipinski definition) is 4. The second kappa shape index (κ2) is 3.73. The number of rotatable bonds is 3. The van der Waals surface area contributed by atoms with Gasteiger partial charge < -0.3 is 10.8 Å². The highest BCUT2D eigenvalue weighted by atomic mass is 16.3. The van der Waals surface area contributed by atoms with Crippen molar-refractivity contribution in [3.8, 4) is 0 Å². The Morgan fingerprint density at radius 1 is 1.60 bits per heavy atom. The van der Waals surface area contributed by atoms with E-state index in [-0.39, 0.29) is 12.1 Å². The molecule has 0 unspecified atom stereocenters. The first-order chi connectivity index (χ1) is 7.09. The second-order valence-electron chi connectivity index (χ2n) is 4.76. The summed E-state index contributed by atoms with van der Waals surface area (Å²) in [5, 5.41) is 9.07. The monoisotopic (exact) mass is 213 g/mol. The van der Waals surface area contributed by atoms with E-state index in [2.05, 4.69) is 11.9 Å². The maximum atomic E-state index is 11.1. The van der Waals surface area contributed by atoms with Gasteiger partial charge in [0.05, 0.1) is 6.61 Å². The number of primary amides is 1. The highest BCUT2D eigenvalue weighted by Crippen LogP contribution is 2.37. The van der Waals surface area contributed by atoms with Crippen LogP contribution in [0.4, 0.5) is 0 Å². The van der Waals surface area contributed by atoms with Gasteiger partial charge in [0.1, 0.15) is 6.04 Å². The summed E-state index contributed by atoms with van der Waals surface area (Å²) in [5.41, 5.74) is 5.48. The highest BCUT2D eigenvalue weighted by molar-refractivity contribution is 5.80. The van der Waals surface area contributed by atoms with Gasteiger partial charge in [-0.25, -0.2) is 0 Å². The minimum atomic E-state index is -0.496. The maximum absolute atomic E-state index is 11.1. The molecule has 1 spiro atoms. The molecule has 2 aliphatic rings. The zero-order valence-corrected chi connectivity index (χ0v) is 9.15. The van der Waals surface area contributed by atoms with E-state index in [1.165, 1.54) is 12.8 Å². The predicted octanol–water partition coefficient (Wildman–Crippen LogP) is -1.39. The van der Waals surface area contributed by atoms with E-state index < -0.39 is 11.9 Å². The molecular weight excluding hydrogens is 194 g/mol. The summed E-state index contributed by atoms with van der Waals surface area (Å²) >= 11 is 0. The third kappa shape index (κ3) is 1.64. The average molecular weight is 213 g/mol. The minimum absolute atomic E-state index is 0.172. The maximum Gasteiger partial charge on any atom is 0.237 e. The smallest absolute Gasteiger partial charge is 0.237 e. The largest absolute Gasteiger partial charge is 0.394 e. The minimum Gasteiger partial charge on any atom is -0.394 e. The number of carbonyl (C=O) groups is 1. The van der Waals surface area contributed by atoms with Crippen LogP contribution in [0.3, 0.4) is 0 Å². The van der Waals surface area contributed by atoms with Crippen molar-refractivity contribution in [2.45, 2.75) is 24.4 Å². The van der Waals surface area contributed by atoms with Gasteiger partial charge in [-0.2, -0.15) is 0 Å². The van der Waals surface area contributed by atoms with Crippen LogP contribution in [0, 0.1) is 0 Å². The number of carbonyl (C=O) groups excluding carboxylic acids is 1. The molecule has 2 aliphatic heterocycles. The number of aliphatic hydroxyl groups excluding tert-OH is 1. The van der Waals surface area contributed by atoms with Crippen LogP contribution in [-0.4, -0.2) is 65.7 Å². The number of amides is 1. The summed E-state index contributed by atoms with van der Waals surface area (Å²) < 4.78 is 0. The lowest BCUT2D eigenvalue weighted by molar-refractivity contribution is -0.132. The van der Waals surface area contributed by atoms with Crippen molar-refractivity contribution in [3.63, 3.8) is 0 Å². The molecule has 2 fully saturated rings. The number of nitrogens with two attached hydrogens (primary N) is 1. The Hall–Kier alpha value is -0.650. The molecule has 15 heavy (non-hydrogen) atoms. The Balaban J connectivity index is 1.94. The molecule has 1 amide bonds. The summed E-state index contributed by atoms with van der Waals surface area (Å²) in [4.78, 5) is 15.4. The number of nitrogens with zero attached hydrogens (tertiary/aromatic N) is 2. The fourth-order valence-electron chi connectivity index (χ4n) is 2.79. The van der Waals surface area contributed by atoms with Crippen LogP contribution in [0.5, 0.6) is 0 Å². The average Bonchev–Trinajstić information content (AvgIpc) is 2.47. The molecule has 0 radical (unpaired) electrons. The van der Waals surface area contributed by atoms with Crippen molar-refractivity contribution < 1.29 is 9.90 Å². The Morgan fingerprint density at radius 3 is 2.67 bits per heavy atom. The molecule has 0 aromatic carbocycles. The van der Waals surface area contributed by atoms with Crippen molar-refractivity contribution in [2.24, 2.45) is 5.73 Å². The van der Waals surface area contributed by atoms with Crippen LogP contribution >= 0.6 is 0 Å². The van der Waals surface area contributed by atoms with Gasteiger partial charge in [0.15, 0.2) is 0 Å². The quantitative estimate of drug-likeness (QED) is 0.606. The van der Waals surface area contributed by atoms with E-state index in [1.54, 1.807) is 0 Å². The molecule has 0 aliphatic carbocycles. The molecule has 2 saturated heterocycles. The first kappa shape index (κ1) is 10.9. The van der Waals surface area contributed by atoms with Gasteiger partial charge in [-0.3, -0.25) is 14.6 Å². The lowest BCUT2D eigenvalue weighted by atomic mass is 9.85. The first-order valence-corrected chi connectivity index (χ1v) is 5.44. The van der Waals surface area contributed by atoms with Crippen LogP contribution in [-0.2, 0) is 4.79 Å². The van der Waals surface area contributed by atoms with E-state index in [9.17, 15) is 4.79 Å². The third-order valence-electron chi connectivity index (χ3n) is 3.88. The number of aliphatic hydroxyl groups is 1. The van der Waals surface area contributed by atoms with Gasteiger partial charge >= 0.3 is 0 Å². The molecule has 3 N–H and O–H groups in total. The van der Waals surface area contributed by atoms with Gasteiger partial charge in [-0.1, -0.05) is 0 Å². The first-order valence-electron chi connectivity index (χ1n) is 5.44. The van der Waals surface area contributed by atoms with Gasteiger partial charge in [-0.05, 0) is 26.4 Å². The predicted molar refractivity (Wildman–Crippen MR) is 56.2 cm³/mol. The van der Waals surface area contributed by atoms with E-state index in [4.69, 9.17) is 10.8 Å². The third-order valence-corrected chi connectivity index (χ3v) is 3.88. The topological polar surface area (TPSA) is 69.8 Å². The van der Waals surface area contributed by atoms with E-state index in [0.717, 1.165) is 19.6 Å². The van der Waals surface area contributed by atoms with Gasteiger partial charge in [0, 0.05) is 18.6 Å². The van der Waals surface area contributed by atoms with Gasteiger partial charge in [0.25, 0.3) is 0 Å². The summed E-state index contributed by atoms with van der Waals surface area (Å²) in [7, 11) is 2.13. The van der Waals surface area contributed by atoms with Crippen LogP contribution in [0.2, 0.25) is 0 Å². The second-order valence-corrected chi connectivity index (χ2v) is 4.76. The Labute approximate surface area is 89.8 Å². The molecule has 5 nitrogen and oxygen atoms in total. The molecule has 0 aromatic rings. The van der Waals surface area contributed by atoms with Crippen molar-refractivity contribution in [1.82, 2.24) is 9.80 Å². The Bertz CT molecular complexity index is 263. The van der Waals surface area contributed by atoms with Crippen LogP contribution in [0.1, 0.15) is 12.8 Å². The molecular formula is C10H19N3O2. The standard InChI is InChI=1S/C10H19N3O2/c1-12-4-2-3-10(12)6-13(7-10)8(5-14)9(11)15/h8,14H,2-7H2,1H3,(H2,11,15)/t8-/m0/s1. The Morgan fingerprint density at radius 2 is 2.27 bits per heavy atom. The summed E-state index contributed by atoms with van der Waals surface area (Å²) in [6, 6.07) is -0.496. The molecule has 0 bridgehead atoms. The van der Waals surface area contributed by atoms with Crippen LogP contribution in [0.15, 0.2) is 0 Å². The van der Waals surface area contributed by atoms with E-state index >= 15 is 0 Å². The van der Waals surface area contributed by atoms with Gasteiger partial charge in [-0.15, -0.1) is 0 Å². The molecule has 86 valence electrons. The fraction of sp³-hybridized carbons (Fsp3) is 0.900. The van der Waals surface area contributed by atoms with E-state index in [1.807, 2.05) is 4.90 Å². The normalized spacial score (nSPS) is 27.9. The molecule has 2 heterocycles. The summed E-state index contributed by atoms with van der Waals surface area (Å²) in [5.74, 6) is -0.423. The number of hydrogen-bond donors (Lipinski definition) is 2. The van der Waals surface area contributed by atoms with Crippen molar-refractivity contribution in [1.29, 1.82) is 0 Å². The van der Waals surface area contributed by atoms with Crippen molar-refractivity contribution >= 4 is 5.91 Å². The van der Waals surface area contributed by atoms with Crippen molar-refractivity contribution in [2.75, 3.05) is 33.3 Å². The lowest BCUT2D eigenvalue weighted by Crippen LogP contribution is -2.71. The van der Waals surface area contributed by atoms with E-state index in [0.29, 0.717) is 0 Å². The molecule has 5 heteroatoms. The Kier molecular flexibility index (Phi) is 2.70. The molecule has 2 rings (SSSR count). The highest BCUT2D eigenvalue weighted by Gasteiger charge is 2.50. The van der Waals surface area contributed by atoms with Crippen LogP contribution in [0.25, 0.3) is 0 Å². The zero-order valence-electron chi connectivity index (χ0n) is 9.15. The summed E-state index contributed by atoms with van der Waals surface area (Å²) in [6.07, 6.45) is 2.42. The van der Waals surface area contributed by atoms with Gasteiger partial charge in [0.2, 0.25) is 5.91 Å². The molecule has 0 aromatic heterocycles. The lowest BCUT2D eigenvalue weighted by Gasteiger charge is -2.53. The SMILES string of the molecule is CN1CCCC12CN([C@@H](CO)C(N)=O)C2. The number of likely N-dealkylation sites (tertiary alicyclic amines) is 2. The number of likely N-dealkylation sites (N-methyl/N-ethyl adjacent to an activating group) is 1. The zero-order chi connectivity index (χ0) is 11.1.